The van der Waals surface area contributed by atoms with Crippen molar-refractivity contribution in [2.45, 2.75) is 50.9 Å². The molecule has 4 nitrogen and oxygen atoms in total. The van der Waals surface area contributed by atoms with Crippen LogP contribution in [0, 0.1) is 5.92 Å². The van der Waals surface area contributed by atoms with Crippen LogP contribution >= 0.6 is 0 Å². The molecule has 1 N–H and O–H groups in total. The van der Waals surface area contributed by atoms with Crippen molar-refractivity contribution in [2.75, 3.05) is 0 Å². The van der Waals surface area contributed by atoms with Crippen molar-refractivity contribution in [1.29, 1.82) is 0 Å². The number of ketones is 2. The molecule has 0 unspecified atom stereocenters. The molecule has 1 aliphatic heterocycles. The highest BCUT2D eigenvalue weighted by Gasteiger charge is 2.56. The first kappa shape index (κ1) is 14.2. The zero-order valence-electron chi connectivity index (χ0n) is 11.6. The van der Waals surface area contributed by atoms with Crippen molar-refractivity contribution in [3.8, 4) is 0 Å². The summed E-state index contributed by atoms with van der Waals surface area (Å²) in [5.41, 5.74) is -1.75. The molecule has 1 spiro atoms. The molecule has 0 saturated carbocycles. The second-order valence-electron chi connectivity index (χ2n) is 6.02. The summed E-state index contributed by atoms with van der Waals surface area (Å²) in [5, 5.41) is 10.1. The van der Waals surface area contributed by atoms with E-state index in [1.165, 1.54) is 6.08 Å². The third-order valence-electron chi connectivity index (χ3n) is 4.12. The first-order chi connectivity index (χ1) is 8.70. The van der Waals surface area contributed by atoms with Crippen molar-refractivity contribution in [2.24, 2.45) is 5.92 Å². The van der Waals surface area contributed by atoms with Crippen molar-refractivity contribution < 1.29 is 19.4 Å². The predicted octanol–water partition coefficient (Wildman–Crippen LogP) is 1.58. The van der Waals surface area contributed by atoms with E-state index in [-0.39, 0.29) is 23.9 Å². The minimum atomic E-state index is -1.16. The Kier molecular flexibility index (Phi) is 3.27. The molecule has 104 valence electrons. The van der Waals surface area contributed by atoms with Crippen LogP contribution in [0.2, 0.25) is 0 Å². The van der Waals surface area contributed by atoms with Gasteiger partial charge in [-0.25, -0.2) is 0 Å². The zero-order chi connectivity index (χ0) is 14.4. The third-order valence-corrected chi connectivity index (χ3v) is 4.12. The van der Waals surface area contributed by atoms with Crippen LogP contribution < -0.4 is 0 Å². The van der Waals surface area contributed by atoms with E-state index in [1.807, 2.05) is 0 Å². The smallest absolute Gasteiger partial charge is 0.188 e. The summed E-state index contributed by atoms with van der Waals surface area (Å²) in [4.78, 5) is 24.3. The number of Topliss-reactive ketones (excluding diaryl/α,β-unsaturated/α-hetero) is 1. The van der Waals surface area contributed by atoms with E-state index in [1.54, 1.807) is 26.8 Å². The Morgan fingerprint density at radius 2 is 2.16 bits per heavy atom. The highest BCUT2D eigenvalue weighted by atomic mass is 16.5. The molecule has 2 rings (SSSR count). The fraction of sp³-hybridized carbons (Fsp3) is 0.600. The van der Waals surface area contributed by atoms with Crippen LogP contribution in [0.15, 0.2) is 24.3 Å². The van der Waals surface area contributed by atoms with Crippen molar-refractivity contribution in [1.82, 2.24) is 0 Å². The summed E-state index contributed by atoms with van der Waals surface area (Å²) in [7, 11) is 0. The molecule has 0 bridgehead atoms. The lowest BCUT2D eigenvalue weighted by Gasteiger charge is -2.34. The highest BCUT2D eigenvalue weighted by molar-refractivity contribution is 6.12. The van der Waals surface area contributed by atoms with Gasteiger partial charge in [-0.3, -0.25) is 9.59 Å². The van der Waals surface area contributed by atoms with E-state index in [0.717, 1.165) is 0 Å². The van der Waals surface area contributed by atoms with Gasteiger partial charge in [0, 0.05) is 12.3 Å². The molecule has 3 atom stereocenters. The average molecular weight is 264 g/mol. The molecule has 1 saturated heterocycles. The minimum Gasteiger partial charge on any atom is -0.388 e. The molecule has 19 heavy (non-hydrogen) atoms. The van der Waals surface area contributed by atoms with Gasteiger partial charge in [-0.15, -0.1) is 6.58 Å². The van der Waals surface area contributed by atoms with Gasteiger partial charge in [0.1, 0.15) is 5.60 Å². The average Bonchev–Trinajstić information content (AvgIpc) is 2.66. The molecular formula is C15H20O4. The Bertz CT molecular complexity index is 469. The largest absolute Gasteiger partial charge is 0.388 e. The minimum absolute atomic E-state index is 0.0391. The van der Waals surface area contributed by atoms with Crippen molar-refractivity contribution in [3.05, 3.63) is 24.3 Å². The van der Waals surface area contributed by atoms with Gasteiger partial charge in [0.2, 0.25) is 0 Å². The SMILES string of the molecule is C=C[C@H]1C[C@@H](C(C)(C)O)O[C@]12CC(=O)C(C)=CC2=O. The third kappa shape index (κ3) is 2.19. The quantitative estimate of drug-likeness (QED) is 0.769. The number of aliphatic hydroxyl groups is 1. The Labute approximate surface area is 113 Å². The fourth-order valence-corrected chi connectivity index (χ4v) is 2.81. The molecule has 1 fully saturated rings. The lowest BCUT2D eigenvalue weighted by atomic mass is 9.75. The van der Waals surface area contributed by atoms with Gasteiger partial charge >= 0.3 is 0 Å². The lowest BCUT2D eigenvalue weighted by molar-refractivity contribution is -0.159. The van der Waals surface area contributed by atoms with Gasteiger partial charge in [-0.1, -0.05) is 6.08 Å². The number of carbonyl (C=O) groups is 2. The molecule has 0 aromatic carbocycles. The van der Waals surface area contributed by atoms with E-state index >= 15 is 0 Å². The summed E-state index contributed by atoms with van der Waals surface area (Å²) < 4.78 is 5.85. The maximum Gasteiger partial charge on any atom is 0.188 e. The van der Waals surface area contributed by atoms with Gasteiger partial charge < -0.3 is 9.84 Å². The fourth-order valence-electron chi connectivity index (χ4n) is 2.81. The highest BCUT2D eigenvalue weighted by Crippen LogP contribution is 2.45. The molecule has 1 aliphatic carbocycles. The normalized spacial score (nSPS) is 35.7. The van der Waals surface area contributed by atoms with Crippen LogP contribution in [0.4, 0.5) is 0 Å². The van der Waals surface area contributed by atoms with Crippen LogP contribution in [0.25, 0.3) is 0 Å². The number of hydrogen-bond acceptors (Lipinski definition) is 4. The van der Waals surface area contributed by atoms with Gasteiger partial charge in [-0.2, -0.15) is 0 Å². The number of allylic oxidation sites excluding steroid dienone is 1. The summed E-state index contributed by atoms with van der Waals surface area (Å²) in [6.07, 6.45) is 3.08. The molecule has 4 heteroatoms. The number of ether oxygens (including phenoxy) is 1. The topological polar surface area (TPSA) is 63.6 Å². The molecule has 0 radical (unpaired) electrons. The van der Waals surface area contributed by atoms with Crippen molar-refractivity contribution >= 4 is 11.6 Å². The van der Waals surface area contributed by atoms with E-state index in [4.69, 9.17) is 4.74 Å². The van der Waals surface area contributed by atoms with E-state index in [9.17, 15) is 14.7 Å². The monoisotopic (exact) mass is 264 g/mol. The first-order valence-electron chi connectivity index (χ1n) is 6.49. The molecule has 0 aromatic heterocycles. The van der Waals surface area contributed by atoms with Crippen LogP contribution in [0.1, 0.15) is 33.6 Å². The molecule has 0 amide bonds. The maximum absolute atomic E-state index is 12.3. The first-order valence-corrected chi connectivity index (χ1v) is 6.49. The van der Waals surface area contributed by atoms with Gasteiger partial charge in [0.25, 0.3) is 0 Å². The Balaban J connectivity index is 2.40. The van der Waals surface area contributed by atoms with Crippen molar-refractivity contribution in [3.63, 3.8) is 0 Å². The Morgan fingerprint density at radius 1 is 1.53 bits per heavy atom. The molecular weight excluding hydrogens is 244 g/mol. The Hall–Kier alpha value is -1.26. The predicted molar refractivity (Wildman–Crippen MR) is 70.6 cm³/mol. The van der Waals surface area contributed by atoms with E-state index in [2.05, 4.69) is 6.58 Å². The standard InChI is InChI=1S/C15H20O4/c1-5-10-7-13(14(3,4)18)19-15(10)8-11(16)9(2)6-12(15)17/h5-6,10,13,18H,1,7-8H2,2-4H3/t10-,13-,15+/m0/s1. The molecule has 1 heterocycles. The van der Waals surface area contributed by atoms with Gasteiger partial charge in [-0.05, 0) is 38.8 Å². The molecule has 2 aliphatic rings. The number of rotatable bonds is 2. The zero-order valence-corrected chi connectivity index (χ0v) is 11.6. The van der Waals surface area contributed by atoms with Crippen LogP contribution in [-0.2, 0) is 14.3 Å². The number of hydrogen-bond donors (Lipinski definition) is 1. The summed E-state index contributed by atoms with van der Waals surface area (Å²) in [5.74, 6) is -0.520. The second kappa shape index (κ2) is 4.39. The van der Waals surface area contributed by atoms with Gasteiger partial charge in [0.05, 0.1) is 11.7 Å². The van der Waals surface area contributed by atoms with Gasteiger partial charge in [0.15, 0.2) is 11.6 Å². The second-order valence-corrected chi connectivity index (χ2v) is 6.02. The van der Waals surface area contributed by atoms with Crippen LogP contribution in [0.3, 0.4) is 0 Å². The van der Waals surface area contributed by atoms with Crippen LogP contribution in [-0.4, -0.2) is 34.0 Å². The van der Waals surface area contributed by atoms with E-state index < -0.39 is 17.3 Å². The lowest BCUT2D eigenvalue weighted by Crippen LogP contribution is -2.49. The summed E-state index contributed by atoms with van der Waals surface area (Å²) in [6, 6.07) is 0. The Morgan fingerprint density at radius 3 is 2.68 bits per heavy atom. The molecule has 0 aromatic rings. The summed E-state index contributed by atoms with van der Waals surface area (Å²) >= 11 is 0. The van der Waals surface area contributed by atoms with E-state index in [0.29, 0.717) is 12.0 Å². The summed E-state index contributed by atoms with van der Waals surface area (Å²) in [6.45, 7) is 8.67. The number of carbonyl (C=O) groups excluding carboxylic acids is 2. The maximum atomic E-state index is 12.3. The van der Waals surface area contributed by atoms with Crippen LogP contribution in [0.5, 0.6) is 0 Å².